The second-order valence-electron chi connectivity index (χ2n) is 5.12. The van der Waals surface area contributed by atoms with E-state index in [1.165, 1.54) is 0 Å². The van der Waals surface area contributed by atoms with Crippen molar-refractivity contribution < 1.29 is 9.59 Å². The molecule has 4 nitrogen and oxygen atoms in total. The van der Waals surface area contributed by atoms with Crippen molar-refractivity contribution in [2.24, 2.45) is 5.92 Å². The maximum atomic E-state index is 12.1. The first-order valence-corrected chi connectivity index (χ1v) is 6.20. The lowest BCUT2D eigenvalue weighted by atomic mass is 9.96. The first-order chi connectivity index (χ1) is 7.61. The molecule has 0 aromatic rings. The standard InChI is InChI=1S/C12H20N2O2/c1-8(2)10-7-13-12(16)9-5-3-4-6-11(15)14(9)10/h8-10H,3-7H2,1-2H3,(H,13,16). The summed E-state index contributed by atoms with van der Waals surface area (Å²) in [7, 11) is 0. The zero-order valence-corrected chi connectivity index (χ0v) is 10.0. The average molecular weight is 224 g/mol. The van der Waals surface area contributed by atoms with Crippen LogP contribution in [0.2, 0.25) is 0 Å². The van der Waals surface area contributed by atoms with Gasteiger partial charge in [-0.15, -0.1) is 0 Å². The molecule has 2 atom stereocenters. The minimum atomic E-state index is -0.212. The zero-order valence-electron chi connectivity index (χ0n) is 10.0. The molecule has 0 aliphatic carbocycles. The second kappa shape index (κ2) is 4.44. The van der Waals surface area contributed by atoms with Crippen molar-refractivity contribution in [3.8, 4) is 0 Å². The second-order valence-corrected chi connectivity index (χ2v) is 5.12. The molecule has 2 aliphatic rings. The molecular formula is C12H20N2O2. The molecule has 2 unspecified atom stereocenters. The number of carbonyl (C=O) groups excluding carboxylic acids is 2. The predicted molar refractivity (Wildman–Crippen MR) is 60.7 cm³/mol. The quantitative estimate of drug-likeness (QED) is 0.720. The van der Waals surface area contributed by atoms with Crippen molar-refractivity contribution >= 4 is 11.8 Å². The maximum absolute atomic E-state index is 12.1. The normalized spacial score (nSPS) is 31.1. The molecule has 0 radical (unpaired) electrons. The van der Waals surface area contributed by atoms with Gasteiger partial charge in [0.2, 0.25) is 11.8 Å². The Morgan fingerprint density at radius 1 is 1.31 bits per heavy atom. The highest BCUT2D eigenvalue weighted by molar-refractivity contribution is 5.89. The van der Waals surface area contributed by atoms with Crippen LogP contribution in [0.25, 0.3) is 0 Å². The highest BCUT2D eigenvalue weighted by Crippen LogP contribution is 2.26. The summed E-state index contributed by atoms with van der Waals surface area (Å²) in [4.78, 5) is 25.7. The Morgan fingerprint density at radius 2 is 2.06 bits per heavy atom. The van der Waals surface area contributed by atoms with Crippen LogP contribution < -0.4 is 5.32 Å². The minimum Gasteiger partial charge on any atom is -0.352 e. The number of fused-ring (bicyclic) bond motifs is 1. The van der Waals surface area contributed by atoms with Crippen LogP contribution >= 0.6 is 0 Å². The van der Waals surface area contributed by atoms with Gasteiger partial charge in [0, 0.05) is 13.0 Å². The number of nitrogens with zero attached hydrogens (tertiary/aromatic N) is 1. The molecule has 2 heterocycles. The molecule has 2 fully saturated rings. The molecule has 0 aromatic heterocycles. The number of hydrogen-bond donors (Lipinski definition) is 1. The van der Waals surface area contributed by atoms with Gasteiger partial charge in [-0.2, -0.15) is 0 Å². The van der Waals surface area contributed by atoms with Crippen molar-refractivity contribution in [2.45, 2.75) is 51.6 Å². The Morgan fingerprint density at radius 3 is 2.75 bits per heavy atom. The van der Waals surface area contributed by atoms with Gasteiger partial charge in [-0.25, -0.2) is 0 Å². The lowest BCUT2D eigenvalue weighted by Crippen LogP contribution is -2.63. The lowest BCUT2D eigenvalue weighted by molar-refractivity contribution is -0.147. The van der Waals surface area contributed by atoms with Crippen LogP contribution in [0.15, 0.2) is 0 Å². The van der Waals surface area contributed by atoms with Gasteiger partial charge in [-0.3, -0.25) is 9.59 Å². The SMILES string of the molecule is CC(C)C1CNC(=O)C2CCCCC(=O)N21. The van der Waals surface area contributed by atoms with Gasteiger partial charge in [0.1, 0.15) is 6.04 Å². The van der Waals surface area contributed by atoms with Crippen molar-refractivity contribution in [1.82, 2.24) is 10.2 Å². The molecule has 0 bridgehead atoms. The summed E-state index contributed by atoms with van der Waals surface area (Å²) in [6, 6.07) is -0.0375. The van der Waals surface area contributed by atoms with E-state index in [0.717, 1.165) is 19.3 Å². The highest BCUT2D eigenvalue weighted by Gasteiger charge is 2.40. The van der Waals surface area contributed by atoms with E-state index in [9.17, 15) is 9.59 Å². The molecule has 0 spiro atoms. The molecule has 1 N–H and O–H groups in total. The van der Waals surface area contributed by atoms with Crippen LogP contribution in [0.5, 0.6) is 0 Å². The number of rotatable bonds is 1. The topological polar surface area (TPSA) is 49.4 Å². The Bertz CT molecular complexity index is 301. The smallest absolute Gasteiger partial charge is 0.242 e. The van der Waals surface area contributed by atoms with Gasteiger partial charge in [0.05, 0.1) is 6.04 Å². The number of piperazine rings is 1. The van der Waals surface area contributed by atoms with Crippen molar-refractivity contribution in [3.63, 3.8) is 0 Å². The van der Waals surface area contributed by atoms with Gasteiger partial charge < -0.3 is 10.2 Å². The first kappa shape index (κ1) is 11.4. The van der Waals surface area contributed by atoms with Crippen LogP contribution in [-0.2, 0) is 9.59 Å². The Labute approximate surface area is 96.4 Å². The number of nitrogens with one attached hydrogen (secondary N) is 1. The van der Waals surface area contributed by atoms with Gasteiger partial charge in [0.15, 0.2) is 0 Å². The van der Waals surface area contributed by atoms with Gasteiger partial charge in [0.25, 0.3) is 0 Å². The van der Waals surface area contributed by atoms with E-state index < -0.39 is 0 Å². The number of amides is 2. The molecule has 2 amide bonds. The number of carbonyl (C=O) groups is 2. The molecule has 4 heteroatoms. The van der Waals surface area contributed by atoms with E-state index in [0.29, 0.717) is 18.9 Å². The largest absolute Gasteiger partial charge is 0.352 e. The summed E-state index contributed by atoms with van der Waals surface area (Å²) in [5, 5.41) is 2.93. The Hall–Kier alpha value is -1.06. The Balaban J connectivity index is 2.26. The molecule has 0 aromatic carbocycles. The molecule has 0 saturated carbocycles. The van der Waals surface area contributed by atoms with Crippen molar-refractivity contribution in [2.75, 3.05) is 6.54 Å². The number of hydrogen-bond acceptors (Lipinski definition) is 2. The van der Waals surface area contributed by atoms with Gasteiger partial charge in [-0.1, -0.05) is 20.3 Å². The van der Waals surface area contributed by atoms with Crippen LogP contribution in [-0.4, -0.2) is 35.3 Å². The molecule has 2 rings (SSSR count). The summed E-state index contributed by atoms with van der Waals surface area (Å²) in [5.74, 6) is 0.591. The summed E-state index contributed by atoms with van der Waals surface area (Å²) >= 11 is 0. The fourth-order valence-electron chi connectivity index (χ4n) is 2.71. The van der Waals surface area contributed by atoms with E-state index in [-0.39, 0.29) is 23.9 Å². The molecule has 2 saturated heterocycles. The predicted octanol–water partition coefficient (Wildman–Crippen LogP) is 0.912. The summed E-state index contributed by atoms with van der Waals surface area (Å²) in [6.45, 7) is 4.83. The van der Waals surface area contributed by atoms with Gasteiger partial charge >= 0.3 is 0 Å². The summed E-state index contributed by atoms with van der Waals surface area (Å²) in [6.07, 6.45) is 3.32. The van der Waals surface area contributed by atoms with Crippen molar-refractivity contribution in [1.29, 1.82) is 0 Å². The monoisotopic (exact) mass is 224 g/mol. The van der Waals surface area contributed by atoms with Crippen LogP contribution in [0.3, 0.4) is 0 Å². The van der Waals surface area contributed by atoms with Crippen LogP contribution in [0.4, 0.5) is 0 Å². The van der Waals surface area contributed by atoms with E-state index in [4.69, 9.17) is 0 Å². The highest BCUT2D eigenvalue weighted by atomic mass is 16.2. The lowest BCUT2D eigenvalue weighted by Gasteiger charge is -2.42. The third-order valence-electron chi connectivity index (χ3n) is 3.66. The minimum absolute atomic E-state index is 0.0344. The molecule has 90 valence electrons. The van der Waals surface area contributed by atoms with Crippen LogP contribution in [0.1, 0.15) is 39.5 Å². The fraction of sp³-hybridized carbons (Fsp3) is 0.833. The third kappa shape index (κ3) is 1.93. The summed E-state index contributed by atoms with van der Waals surface area (Å²) < 4.78 is 0. The average Bonchev–Trinajstić information content (AvgIpc) is 2.42. The van der Waals surface area contributed by atoms with Gasteiger partial charge in [-0.05, 0) is 18.8 Å². The van der Waals surface area contributed by atoms with E-state index in [2.05, 4.69) is 19.2 Å². The van der Waals surface area contributed by atoms with E-state index >= 15 is 0 Å². The molecule has 16 heavy (non-hydrogen) atoms. The fourth-order valence-corrected chi connectivity index (χ4v) is 2.71. The Kier molecular flexibility index (Phi) is 3.17. The molecule has 2 aliphatic heterocycles. The van der Waals surface area contributed by atoms with Crippen molar-refractivity contribution in [3.05, 3.63) is 0 Å². The third-order valence-corrected chi connectivity index (χ3v) is 3.66. The van der Waals surface area contributed by atoms with Crippen LogP contribution in [0, 0.1) is 5.92 Å². The van der Waals surface area contributed by atoms with E-state index in [1.807, 2.05) is 4.90 Å². The first-order valence-electron chi connectivity index (χ1n) is 6.20. The van der Waals surface area contributed by atoms with E-state index in [1.54, 1.807) is 0 Å². The summed E-state index contributed by atoms with van der Waals surface area (Å²) in [5.41, 5.74) is 0. The zero-order chi connectivity index (χ0) is 11.7. The maximum Gasteiger partial charge on any atom is 0.242 e. The molecular weight excluding hydrogens is 204 g/mol.